The highest BCUT2D eigenvalue weighted by Gasteiger charge is 2.32. The zero-order valence-corrected chi connectivity index (χ0v) is 25.1. The van der Waals surface area contributed by atoms with E-state index in [4.69, 9.17) is 4.74 Å². The Labute approximate surface area is 239 Å². The fourth-order valence-corrected chi connectivity index (χ4v) is 5.57. The molecule has 0 spiro atoms. The lowest BCUT2D eigenvalue weighted by atomic mass is 10.1. The van der Waals surface area contributed by atoms with E-state index in [1.807, 2.05) is 45.0 Å². The molecule has 2 amide bonds. The summed E-state index contributed by atoms with van der Waals surface area (Å²) in [6.07, 6.45) is 0. The van der Waals surface area contributed by atoms with Gasteiger partial charge in [-0.3, -0.25) is 13.9 Å². The summed E-state index contributed by atoms with van der Waals surface area (Å²) in [6, 6.07) is 19.3. The molecular weight excluding hydrogens is 582 g/mol. The number of halogens is 1. The van der Waals surface area contributed by atoms with E-state index in [0.29, 0.717) is 11.4 Å². The first kappa shape index (κ1) is 30.2. The lowest BCUT2D eigenvalue weighted by Crippen LogP contribution is -2.52. The number of carbonyl (C=O) groups excluding carboxylic acids is 2. The zero-order chi connectivity index (χ0) is 28.7. The molecule has 1 atom stereocenters. The van der Waals surface area contributed by atoms with Crippen molar-refractivity contribution in [3.63, 3.8) is 0 Å². The van der Waals surface area contributed by atoms with Crippen LogP contribution in [0.3, 0.4) is 0 Å². The van der Waals surface area contributed by atoms with Gasteiger partial charge in [0.1, 0.15) is 18.3 Å². The monoisotopic (exact) mass is 615 g/mol. The molecule has 0 bridgehead atoms. The maximum atomic E-state index is 13.9. The standard InChI is InChI=1S/C29H34BrN3O5S/c1-20(2)31-29(35)22(4)32(18-23-8-10-24(30)11-9-23)28(34)19-33(25-12-6-21(3)7-13-25)39(36,37)27-16-14-26(38-5)15-17-27/h6-17,20,22H,18-19H2,1-5H3,(H,31,35)/t22-/m1/s1. The van der Waals surface area contributed by atoms with Crippen molar-refractivity contribution in [1.29, 1.82) is 0 Å². The van der Waals surface area contributed by atoms with Gasteiger partial charge in [-0.05, 0) is 81.8 Å². The maximum Gasteiger partial charge on any atom is 0.264 e. The smallest absolute Gasteiger partial charge is 0.264 e. The van der Waals surface area contributed by atoms with Crippen LogP contribution >= 0.6 is 15.9 Å². The molecule has 0 aromatic heterocycles. The van der Waals surface area contributed by atoms with Gasteiger partial charge in [0.05, 0.1) is 17.7 Å². The van der Waals surface area contributed by atoms with Crippen molar-refractivity contribution in [3.8, 4) is 5.75 Å². The molecule has 208 valence electrons. The first-order chi connectivity index (χ1) is 18.4. The van der Waals surface area contributed by atoms with E-state index in [-0.39, 0.29) is 23.4 Å². The summed E-state index contributed by atoms with van der Waals surface area (Å²) in [5.41, 5.74) is 2.09. The Morgan fingerprint density at radius 2 is 1.51 bits per heavy atom. The summed E-state index contributed by atoms with van der Waals surface area (Å²) < 4.78 is 34.8. The van der Waals surface area contributed by atoms with Crippen LogP contribution in [0.4, 0.5) is 5.69 Å². The topological polar surface area (TPSA) is 96.0 Å². The largest absolute Gasteiger partial charge is 0.497 e. The molecule has 0 radical (unpaired) electrons. The fourth-order valence-electron chi connectivity index (χ4n) is 3.89. The Hall–Kier alpha value is -3.37. The number of ether oxygens (including phenoxy) is 1. The van der Waals surface area contributed by atoms with E-state index in [2.05, 4.69) is 21.2 Å². The molecule has 39 heavy (non-hydrogen) atoms. The summed E-state index contributed by atoms with van der Waals surface area (Å²) >= 11 is 3.41. The Kier molecular flexibility index (Phi) is 10.2. The maximum absolute atomic E-state index is 13.9. The molecule has 0 unspecified atom stereocenters. The number of amides is 2. The molecule has 3 aromatic carbocycles. The molecule has 3 aromatic rings. The average molecular weight is 617 g/mol. The number of methoxy groups -OCH3 is 1. The zero-order valence-electron chi connectivity index (χ0n) is 22.7. The molecule has 10 heteroatoms. The highest BCUT2D eigenvalue weighted by molar-refractivity contribution is 9.10. The second-order valence-electron chi connectivity index (χ2n) is 9.51. The molecule has 0 aliphatic rings. The molecule has 0 heterocycles. The fraction of sp³-hybridized carbons (Fsp3) is 0.310. The van der Waals surface area contributed by atoms with Crippen molar-refractivity contribution in [3.05, 3.63) is 88.4 Å². The number of aryl methyl sites for hydroxylation is 1. The summed E-state index contributed by atoms with van der Waals surface area (Å²) in [4.78, 5) is 28.3. The Balaban J connectivity index is 2.02. The van der Waals surface area contributed by atoms with Crippen LogP contribution in [0.1, 0.15) is 31.9 Å². The Morgan fingerprint density at radius 3 is 2.05 bits per heavy atom. The third-order valence-corrected chi connectivity index (χ3v) is 8.43. The van der Waals surface area contributed by atoms with E-state index >= 15 is 0 Å². The molecule has 8 nitrogen and oxygen atoms in total. The van der Waals surface area contributed by atoms with Crippen LogP contribution in [-0.4, -0.2) is 50.9 Å². The van der Waals surface area contributed by atoms with Gasteiger partial charge in [-0.2, -0.15) is 0 Å². The number of carbonyl (C=O) groups is 2. The van der Waals surface area contributed by atoms with Gasteiger partial charge >= 0.3 is 0 Å². The third kappa shape index (κ3) is 7.83. The van der Waals surface area contributed by atoms with Gasteiger partial charge < -0.3 is 15.0 Å². The van der Waals surface area contributed by atoms with Crippen LogP contribution in [-0.2, 0) is 26.2 Å². The van der Waals surface area contributed by atoms with E-state index in [1.54, 1.807) is 43.3 Å². The summed E-state index contributed by atoms with van der Waals surface area (Å²) in [6.45, 7) is 6.85. The normalized spacial score (nSPS) is 12.1. The van der Waals surface area contributed by atoms with Gasteiger partial charge in [0.25, 0.3) is 10.0 Å². The minimum absolute atomic E-state index is 0.0155. The molecule has 0 aliphatic heterocycles. The molecule has 0 saturated heterocycles. The summed E-state index contributed by atoms with van der Waals surface area (Å²) in [7, 11) is -2.64. The highest BCUT2D eigenvalue weighted by atomic mass is 79.9. The van der Waals surface area contributed by atoms with Gasteiger partial charge in [0.15, 0.2) is 0 Å². The van der Waals surface area contributed by atoms with Crippen molar-refractivity contribution < 1.29 is 22.7 Å². The number of rotatable bonds is 11. The number of benzene rings is 3. The van der Waals surface area contributed by atoms with Gasteiger partial charge in [-0.15, -0.1) is 0 Å². The first-order valence-electron chi connectivity index (χ1n) is 12.5. The van der Waals surface area contributed by atoms with Crippen molar-refractivity contribution in [1.82, 2.24) is 10.2 Å². The molecule has 3 rings (SSSR count). The van der Waals surface area contributed by atoms with Crippen molar-refractivity contribution in [2.24, 2.45) is 0 Å². The van der Waals surface area contributed by atoms with Crippen LogP contribution in [0.25, 0.3) is 0 Å². The van der Waals surface area contributed by atoms with Crippen LogP contribution in [0, 0.1) is 6.92 Å². The molecular formula is C29H34BrN3O5S. The number of anilines is 1. The molecule has 1 N–H and O–H groups in total. The summed E-state index contributed by atoms with van der Waals surface area (Å²) in [5, 5.41) is 2.85. The SMILES string of the molecule is COc1ccc(S(=O)(=O)N(CC(=O)N(Cc2ccc(Br)cc2)[C@H](C)C(=O)NC(C)C)c2ccc(C)cc2)cc1. The Bertz CT molecular complexity index is 1380. The number of nitrogens with one attached hydrogen (secondary N) is 1. The van der Waals surface area contributed by atoms with E-state index in [9.17, 15) is 18.0 Å². The minimum Gasteiger partial charge on any atom is -0.497 e. The number of hydrogen-bond donors (Lipinski definition) is 1. The van der Waals surface area contributed by atoms with E-state index in [0.717, 1.165) is 19.9 Å². The molecule has 0 saturated carbocycles. The van der Waals surface area contributed by atoms with Crippen LogP contribution in [0.15, 0.2) is 82.2 Å². The van der Waals surface area contributed by atoms with Gasteiger partial charge in [-0.25, -0.2) is 8.42 Å². The van der Waals surface area contributed by atoms with Crippen molar-refractivity contribution in [2.45, 2.75) is 51.2 Å². The van der Waals surface area contributed by atoms with Crippen LogP contribution in [0.5, 0.6) is 5.75 Å². The van der Waals surface area contributed by atoms with Crippen molar-refractivity contribution >= 4 is 43.5 Å². The predicted octanol–water partition coefficient (Wildman–Crippen LogP) is 4.90. The molecule has 0 fully saturated rings. The van der Waals surface area contributed by atoms with Crippen LogP contribution < -0.4 is 14.4 Å². The lowest BCUT2D eigenvalue weighted by Gasteiger charge is -2.32. The number of nitrogens with zero attached hydrogens (tertiary/aromatic N) is 2. The van der Waals surface area contributed by atoms with Gasteiger partial charge in [0, 0.05) is 17.1 Å². The molecule has 0 aliphatic carbocycles. The second-order valence-corrected chi connectivity index (χ2v) is 12.3. The summed E-state index contributed by atoms with van der Waals surface area (Å²) in [5.74, 6) is -0.324. The van der Waals surface area contributed by atoms with Gasteiger partial charge in [-0.1, -0.05) is 45.8 Å². The minimum atomic E-state index is -4.14. The predicted molar refractivity (Wildman–Crippen MR) is 156 cm³/mol. The van der Waals surface area contributed by atoms with Gasteiger partial charge in [0.2, 0.25) is 11.8 Å². The number of hydrogen-bond acceptors (Lipinski definition) is 5. The average Bonchev–Trinajstić information content (AvgIpc) is 2.91. The van der Waals surface area contributed by atoms with E-state index < -0.39 is 28.5 Å². The van der Waals surface area contributed by atoms with Crippen molar-refractivity contribution in [2.75, 3.05) is 18.0 Å². The van der Waals surface area contributed by atoms with E-state index in [1.165, 1.54) is 24.1 Å². The second kappa shape index (κ2) is 13.1. The number of sulfonamides is 1. The lowest BCUT2D eigenvalue weighted by molar-refractivity contribution is -0.139. The quantitative estimate of drug-likeness (QED) is 0.331. The van der Waals surface area contributed by atoms with Crippen LogP contribution in [0.2, 0.25) is 0 Å². The third-order valence-electron chi connectivity index (χ3n) is 6.11. The highest BCUT2D eigenvalue weighted by Crippen LogP contribution is 2.26. The Morgan fingerprint density at radius 1 is 0.923 bits per heavy atom. The first-order valence-corrected chi connectivity index (χ1v) is 14.7.